The summed E-state index contributed by atoms with van der Waals surface area (Å²) in [4.78, 5) is 0. The normalized spacial score (nSPS) is 20.5. The highest BCUT2D eigenvalue weighted by atomic mass is 35.5. The van der Waals surface area contributed by atoms with Crippen molar-refractivity contribution in [1.82, 2.24) is 0 Å². The van der Waals surface area contributed by atoms with Gasteiger partial charge in [-0.05, 0) is 35.8 Å². The van der Waals surface area contributed by atoms with Gasteiger partial charge in [0.15, 0.2) is 0 Å². The van der Waals surface area contributed by atoms with E-state index in [0.717, 1.165) is 19.3 Å². The van der Waals surface area contributed by atoms with E-state index in [4.69, 9.17) is 11.6 Å². The quantitative estimate of drug-likeness (QED) is 0.518. The fourth-order valence-electron chi connectivity index (χ4n) is 2.28. The van der Waals surface area contributed by atoms with E-state index in [1.807, 2.05) is 0 Å². The molecule has 1 aromatic rings. The van der Waals surface area contributed by atoms with Crippen molar-refractivity contribution in [2.75, 3.05) is 0 Å². The third-order valence-electron chi connectivity index (χ3n) is 3.41. The van der Waals surface area contributed by atoms with Crippen LogP contribution in [0.5, 0.6) is 0 Å². The molecule has 0 fully saturated rings. The molecule has 0 aromatic heterocycles. The number of rotatable bonds is 2. The maximum absolute atomic E-state index is 6.08. The molecule has 1 atom stereocenters. The van der Waals surface area contributed by atoms with Crippen LogP contribution in [0.4, 0.5) is 0 Å². The van der Waals surface area contributed by atoms with Gasteiger partial charge in [0.25, 0.3) is 0 Å². The van der Waals surface area contributed by atoms with Crippen LogP contribution in [0.3, 0.4) is 0 Å². The lowest BCUT2D eigenvalue weighted by atomic mass is 9.86. The molecule has 0 radical (unpaired) electrons. The largest absolute Gasteiger partial charge is 0.118 e. The zero-order valence-corrected chi connectivity index (χ0v) is 11.7. The second-order valence-corrected chi connectivity index (χ2v) is 6.56. The molecule has 0 nitrogen and oxygen atoms in total. The molecule has 0 heterocycles. The van der Waals surface area contributed by atoms with Crippen LogP contribution in [0.15, 0.2) is 35.9 Å². The Balaban J connectivity index is 2.06. The monoisotopic (exact) mass is 248 g/mol. The Kier molecular flexibility index (Phi) is 3.63. The molecule has 1 aliphatic rings. The predicted octanol–water partition coefficient (Wildman–Crippen LogP) is 4.85. The number of hydrogen-bond acceptors (Lipinski definition) is 0. The van der Waals surface area contributed by atoms with Crippen LogP contribution in [-0.2, 0) is 11.8 Å². The van der Waals surface area contributed by atoms with Crippen LogP contribution in [0.25, 0.3) is 0 Å². The maximum atomic E-state index is 6.08. The summed E-state index contributed by atoms with van der Waals surface area (Å²) in [5, 5.41) is 0.263. The lowest BCUT2D eigenvalue weighted by Gasteiger charge is -2.19. The van der Waals surface area contributed by atoms with Crippen molar-refractivity contribution in [1.29, 1.82) is 0 Å². The Bertz CT molecular complexity index is 406. The summed E-state index contributed by atoms with van der Waals surface area (Å²) in [6, 6.07) is 9.01. The molecule has 17 heavy (non-hydrogen) atoms. The Morgan fingerprint density at radius 3 is 2.29 bits per heavy atom. The van der Waals surface area contributed by atoms with Gasteiger partial charge in [-0.1, -0.05) is 56.7 Å². The van der Waals surface area contributed by atoms with Gasteiger partial charge in [-0.25, -0.2) is 0 Å². The standard InChI is InChI=1S/C16H21Cl/c1-16(2,3)14-7-4-12(5-8-14)10-13-6-9-15(17)11-13/h4-5,7-8,11,15H,6,9-10H2,1-3H3. The average Bonchev–Trinajstić information content (AvgIpc) is 2.63. The molecule has 0 spiro atoms. The van der Waals surface area contributed by atoms with Crippen molar-refractivity contribution in [3.8, 4) is 0 Å². The van der Waals surface area contributed by atoms with Crippen LogP contribution in [0, 0.1) is 0 Å². The molecular formula is C16H21Cl. The number of hydrogen-bond donors (Lipinski definition) is 0. The van der Waals surface area contributed by atoms with E-state index in [9.17, 15) is 0 Å². The number of benzene rings is 1. The Hall–Kier alpha value is -0.750. The number of allylic oxidation sites excluding steroid dienone is 2. The first-order valence-electron chi connectivity index (χ1n) is 6.38. The molecule has 0 N–H and O–H groups in total. The van der Waals surface area contributed by atoms with Crippen LogP contribution in [0.1, 0.15) is 44.7 Å². The highest BCUT2D eigenvalue weighted by Crippen LogP contribution is 2.27. The summed E-state index contributed by atoms with van der Waals surface area (Å²) in [6.45, 7) is 6.75. The van der Waals surface area contributed by atoms with E-state index in [2.05, 4.69) is 51.1 Å². The number of alkyl halides is 1. The minimum atomic E-state index is 0.242. The van der Waals surface area contributed by atoms with Crippen molar-refractivity contribution >= 4 is 11.6 Å². The number of halogens is 1. The minimum Gasteiger partial charge on any atom is -0.118 e. The average molecular weight is 249 g/mol. The zero-order valence-electron chi connectivity index (χ0n) is 11.0. The molecule has 1 heteroatoms. The third kappa shape index (κ3) is 3.35. The topological polar surface area (TPSA) is 0 Å². The minimum absolute atomic E-state index is 0.242. The first-order chi connectivity index (χ1) is 7.95. The van der Waals surface area contributed by atoms with Gasteiger partial charge in [-0.3, -0.25) is 0 Å². The lowest BCUT2D eigenvalue weighted by Crippen LogP contribution is -2.10. The van der Waals surface area contributed by atoms with Gasteiger partial charge in [0.05, 0.1) is 5.38 Å². The molecule has 92 valence electrons. The summed E-state index contributed by atoms with van der Waals surface area (Å²) in [6.07, 6.45) is 5.55. The summed E-state index contributed by atoms with van der Waals surface area (Å²) in [7, 11) is 0. The van der Waals surface area contributed by atoms with Crippen molar-refractivity contribution in [2.24, 2.45) is 0 Å². The van der Waals surface area contributed by atoms with Crippen molar-refractivity contribution in [2.45, 2.75) is 50.8 Å². The molecule has 0 saturated heterocycles. The summed E-state index contributed by atoms with van der Waals surface area (Å²) < 4.78 is 0. The molecule has 0 saturated carbocycles. The van der Waals surface area contributed by atoms with Gasteiger partial charge < -0.3 is 0 Å². The molecule has 1 unspecified atom stereocenters. The van der Waals surface area contributed by atoms with E-state index in [1.54, 1.807) is 0 Å². The van der Waals surface area contributed by atoms with Crippen molar-refractivity contribution in [3.63, 3.8) is 0 Å². The van der Waals surface area contributed by atoms with Gasteiger partial charge in [0.2, 0.25) is 0 Å². The van der Waals surface area contributed by atoms with Crippen LogP contribution in [0.2, 0.25) is 0 Å². The van der Waals surface area contributed by atoms with Crippen molar-refractivity contribution < 1.29 is 0 Å². The SMILES string of the molecule is CC(C)(C)c1ccc(CC2=CC(Cl)CC2)cc1. The first-order valence-corrected chi connectivity index (χ1v) is 6.82. The summed E-state index contributed by atoms with van der Waals surface area (Å²) in [5.74, 6) is 0. The maximum Gasteiger partial charge on any atom is 0.0521 e. The second kappa shape index (κ2) is 4.86. The molecule has 1 aromatic carbocycles. The lowest BCUT2D eigenvalue weighted by molar-refractivity contribution is 0.590. The molecule has 0 aliphatic heterocycles. The van der Waals surface area contributed by atoms with E-state index >= 15 is 0 Å². The second-order valence-electron chi connectivity index (χ2n) is 6.00. The Morgan fingerprint density at radius 2 is 1.82 bits per heavy atom. The fourth-order valence-corrected chi connectivity index (χ4v) is 2.57. The molecular weight excluding hydrogens is 228 g/mol. The third-order valence-corrected chi connectivity index (χ3v) is 3.75. The van der Waals surface area contributed by atoms with E-state index in [0.29, 0.717) is 0 Å². The molecule has 1 aliphatic carbocycles. The van der Waals surface area contributed by atoms with Crippen LogP contribution >= 0.6 is 11.6 Å². The van der Waals surface area contributed by atoms with E-state index in [-0.39, 0.29) is 10.8 Å². The molecule has 2 rings (SSSR count). The van der Waals surface area contributed by atoms with Crippen LogP contribution in [-0.4, -0.2) is 5.38 Å². The van der Waals surface area contributed by atoms with E-state index in [1.165, 1.54) is 16.7 Å². The van der Waals surface area contributed by atoms with Crippen molar-refractivity contribution in [3.05, 3.63) is 47.0 Å². The highest BCUT2D eigenvalue weighted by Gasteiger charge is 2.15. The van der Waals surface area contributed by atoms with Gasteiger partial charge in [0.1, 0.15) is 0 Å². The van der Waals surface area contributed by atoms with Gasteiger partial charge in [-0.15, -0.1) is 11.6 Å². The van der Waals surface area contributed by atoms with Crippen LogP contribution < -0.4 is 0 Å². The molecule has 0 amide bonds. The van der Waals surface area contributed by atoms with Gasteiger partial charge in [0, 0.05) is 0 Å². The summed E-state index contributed by atoms with van der Waals surface area (Å²) >= 11 is 6.08. The van der Waals surface area contributed by atoms with Gasteiger partial charge >= 0.3 is 0 Å². The smallest absolute Gasteiger partial charge is 0.0521 e. The first kappa shape index (κ1) is 12.7. The Morgan fingerprint density at radius 1 is 1.18 bits per heavy atom. The fraction of sp³-hybridized carbons (Fsp3) is 0.500. The Labute approximate surface area is 110 Å². The van der Waals surface area contributed by atoms with E-state index < -0.39 is 0 Å². The predicted molar refractivity (Wildman–Crippen MR) is 75.8 cm³/mol. The zero-order chi connectivity index (χ0) is 12.5. The highest BCUT2D eigenvalue weighted by molar-refractivity contribution is 6.22. The summed E-state index contributed by atoms with van der Waals surface area (Å²) in [5.41, 5.74) is 4.53. The molecule has 0 bridgehead atoms. The van der Waals surface area contributed by atoms with Gasteiger partial charge in [-0.2, -0.15) is 0 Å².